The molecule has 2 amide bonds. The Labute approximate surface area is 211 Å². The Morgan fingerprint density at radius 2 is 1.78 bits per heavy atom. The Hall–Kier alpha value is -3.81. The van der Waals surface area contributed by atoms with Gasteiger partial charge in [-0.3, -0.25) is 19.1 Å². The predicted octanol–water partition coefficient (Wildman–Crippen LogP) is 4.21. The number of unbranched alkanes of at least 4 members (excludes halogenated alkanes) is 1. The summed E-state index contributed by atoms with van der Waals surface area (Å²) in [6.07, 6.45) is 2.52. The van der Waals surface area contributed by atoms with Gasteiger partial charge in [0.25, 0.3) is 5.56 Å². The van der Waals surface area contributed by atoms with E-state index in [1.54, 1.807) is 23.5 Å². The first-order valence-electron chi connectivity index (χ1n) is 12.5. The van der Waals surface area contributed by atoms with Gasteiger partial charge in [0.1, 0.15) is 11.4 Å². The van der Waals surface area contributed by atoms with Crippen LogP contribution in [0.15, 0.2) is 59.4 Å². The van der Waals surface area contributed by atoms with Crippen LogP contribution in [0.25, 0.3) is 5.69 Å². The zero-order valence-electron chi connectivity index (χ0n) is 21.4. The van der Waals surface area contributed by atoms with E-state index >= 15 is 0 Å². The first-order valence-corrected chi connectivity index (χ1v) is 12.5. The molecular formula is C28H34N4O4. The van der Waals surface area contributed by atoms with E-state index in [9.17, 15) is 14.4 Å². The molecule has 4 rings (SSSR count). The largest absolute Gasteiger partial charge is 0.497 e. The topological polar surface area (TPSA) is 85.6 Å². The van der Waals surface area contributed by atoms with E-state index in [0.29, 0.717) is 30.8 Å². The second kappa shape index (κ2) is 10.8. The van der Waals surface area contributed by atoms with Gasteiger partial charge in [-0.05, 0) is 49.6 Å². The third-order valence-corrected chi connectivity index (χ3v) is 7.06. The number of methoxy groups -OCH3 is 1. The van der Waals surface area contributed by atoms with Gasteiger partial charge < -0.3 is 15.0 Å². The Morgan fingerprint density at radius 1 is 1.08 bits per heavy atom. The summed E-state index contributed by atoms with van der Waals surface area (Å²) in [6, 6.07) is 16.4. The summed E-state index contributed by atoms with van der Waals surface area (Å²) in [5, 5.41) is 2.94. The normalized spacial score (nSPS) is 17.8. The average Bonchev–Trinajstić information content (AvgIpc) is 3.11. The van der Waals surface area contributed by atoms with Crippen LogP contribution in [0.4, 0.5) is 5.69 Å². The molecule has 0 saturated carbocycles. The standard InChI is InChI=1S/C28H34N4O4/c1-5-6-18-31-24(33)17-16-23(26(31)20-12-14-22(36-4)15-13-20)27(34)29-25-19(2)30(3)32(28(25)35)21-10-8-7-9-11-21/h7-15,23,26H,5-6,16-18H2,1-4H3,(H,29,34). The van der Waals surface area contributed by atoms with Crippen LogP contribution in [0.3, 0.4) is 0 Å². The summed E-state index contributed by atoms with van der Waals surface area (Å²) in [5.74, 6) is 0.0203. The van der Waals surface area contributed by atoms with Crippen molar-refractivity contribution in [3.05, 3.63) is 76.2 Å². The number of aromatic nitrogens is 2. The van der Waals surface area contributed by atoms with E-state index < -0.39 is 12.0 Å². The summed E-state index contributed by atoms with van der Waals surface area (Å²) in [7, 11) is 3.40. The summed E-state index contributed by atoms with van der Waals surface area (Å²) in [4.78, 5) is 41.9. The van der Waals surface area contributed by atoms with Crippen LogP contribution >= 0.6 is 0 Å². The lowest BCUT2D eigenvalue weighted by Gasteiger charge is -2.41. The quantitative estimate of drug-likeness (QED) is 0.513. The lowest BCUT2D eigenvalue weighted by molar-refractivity contribution is -0.142. The van der Waals surface area contributed by atoms with Crippen LogP contribution in [-0.2, 0) is 16.6 Å². The van der Waals surface area contributed by atoms with Crippen molar-refractivity contribution in [2.45, 2.75) is 45.6 Å². The molecule has 36 heavy (non-hydrogen) atoms. The number of carbonyl (C=O) groups excluding carboxylic acids is 2. The molecule has 8 heteroatoms. The molecule has 0 aliphatic carbocycles. The smallest absolute Gasteiger partial charge is 0.295 e. The Balaban J connectivity index is 1.69. The number of nitrogens with zero attached hydrogens (tertiary/aromatic N) is 3. The van der Waals surface area contributed by atoms with Crippen LogP contribution < -0.4 is 15.6 Å². The molecule has 1 aromatic heterocycles. The lowest BCUT2D eigenvalue weighted by atomic mass is 9.83. The highest BCUT2D eigenvalue weighted by molar-refractivity contribution is 5.95. The number of carbonyl (C=O) groups is 2. The first kappa shape index (κ1) is 25.3. The first-order chi connectivity index (χ1) is 17.4. The van der Waals surface area contributed by atoms with Crippen molar-refractivity contribution in [3.63, 3.8) is 0 Å². The highest BCUT2D eigenvalue weighted by Crippen LogP contribution is 2.38. The zero-order valence-corrected chi connectivity index (χ0v) is 21.4. The zero-order chi connectivity index (χ0) is 25.8. The SMILES string of the molecule is CCCCN1C(=O)CCC(C(=O)Nc2c(C)n(C)n(-c3ccccc3)c2=O)C1c1ccc(OC)cc1. The molecule has 190 valence electrons. The number of anilines is 1. The van der Waals surface area contributed by atoms with Gasteiger partial charge in [-0.2, -0.15) is 0 Å². The van der Waals surface area contributed by atoms with Crippen molar-refractivity contribution >= 4 is 17.5 Å². The molecule has 2 atom stereocenters. The maximum absolute atomic E-state index is 13.7. The molecule has 3 aromatic rings. The lowest BCUT2D eigenvalue weighted by Crippen LogP contribution is -2.47. The summed E-state index contributed by atoms with van der Waals surface area (Å²) >= 11 is 0. The van der Waals surface area contributed by atoms with E-state index in [2.05, 4.69) is 12.2 Å². The van der Waals surface area contributed by atoms with Gasteiger partial charge in [-0.25, -0.2) is 4.68 Å². The third kappa shape index (κ3) is 4.80. The van der Waals surface area contributed by atoms with Crippen LogP contribution in [-0.4, -0.2) is 39.7 Å². The fraction of sp³-hybridized carbons (Fsp3) is 0.393. The maximum Gasteiger partial charge on any atom is 0.295 e. The second-order valence-corrected chi connectivity index (χ2v) is 9.23. The van der Waals surface area contributed by atoms with E-state index in [4.69, 9.17) is 4.74 Å². The molecule has 1 fully saturated rings. The number of rotatable bonds is 8. The predicted molar refractivity (Wildman–Crippen MR) is 139 cm³/mol. The van der Waals surface area contributed by atoms with Crippen molar-refractivity contribution in [2.24, 2.45) is 13.0 Å². The molecule has 1 aliphatic heterocycles. The molecule has 2 aromatic carbocycles. The average molecular weight is 491 g/mol. The van der Waals surface area contributed by atoms with Gasteiger partial charge in [-0.1, -0.05) is 43.7 Å². The highest BCUT2D eigenvalue weighted by atomic mass is 16.5. The molecule has 2 unspecified atom stereocenters. The van der Waals surface area contributed by atoms with E-state index in [0.717, 1.165) is 24.1 Å². The number of nitrogens with one attached hydrogen (secondary N) is 1. The minimum absolute atomic E-state index is 0.0515. The fourth-order valence-corrected chi connectivity index (χ4v) is 4.96. The summed E-state index contributed by atoms with van der Waals surface area (Å²) < 4.78 is 8.59. The van der Waals surface area contributed by atoms with Gasteiger partial charge in [0.2, 0.25) is 11.8 Å². The number of hydrogen-bond donors (Lipinski definition) is 1. The third-order valence-electron chi connectivity index (χ3n) is 7.06. The van der Waals surface area contributed by atoms with Crippen LogP contribution in [0.5, 0.6) is 5.75 Å². The van der Waals surface area contributed by atoms with Crippen molar-refractivity contribution in [3.8, 4) is 11.4 Å². The number of hydrogen-bond acceptors (Lipinski definition) is 4. The van der Waals surface area contributed by atoms with Crippen molar-refractivity contribution in [1.82, 2.24) is 14.3 Å². The minimum atomic E-state index is -0.489. The van der Waals surface area contributed by atoms with E-state index in [1.165, 1.54) is 0 Å². The van der Waals surface area contributed by atoms with Gasteiger partial charge >= 0.3 is 0 Å². The molecule has 1 aliphatic rings. The molecule has 8 nitrogen and oxygen atoms in total. The number of benzene rings is 2. The molecule has 0 bridgehead atoms. The van der Waals surface area contributed by atoms with Crippen molar-refractivity contribution in [2.75, 3.05) is 19.0 Å². The van der Waals surface area contributed by atoms with E-state index in [-0.39, 0.29) is 23.1 Å². The molecule has 0 radical (unpaired) electrons. The number of para-hydroxylation sites is 1. The highest BCUT2D eigenvalue weighted by Gasteiger charge is 2.40. The van der Waals surface area contributed by atoms with Crippen LogP contribution in [0.2, 0.25) is 0 Å². The molecule has 0 spiro atoms. The van der Waals surface area contributed by atoms with Crippen molar-refractivity contribution in [1.29, 1.82) is 0 Å². The second-order valence-electron chi connectivity index (χ2n) is 9.23. The molecular weight excluding hydrogens is 456 g/mol. The van der Waals surface area contributed by atoms with Gasteiger partial charge in [0, 0.05) is 20.0 Å². The van der Waals surface area contributed by atoms with Gasteiger partial charge in [-0.15, -0.1) is 0 Å². The number of ether oxygens (including phenoxy) is 1. The number of likely N-dealkylation sites (tertiary alicyclic amines) is 1. The summed E-state index contributed by atoms with van der Waals surface area (Å²) in [5.41, 5.74) is 2.24. The minimum Gasteiger partial charge on any atom is -0.497 e. The monoisotopic (exact) mass is 490 g/mol. The number of amides is 2. The van der Waals surface area contributed by atoms with Crippen LogP contribution in [0.1, 0.15) is 49.9 Å². The molecule has 1 N–H and O–H groups in total. The Morgan fingerprint density at radius 3 is 2.42 bits per heavy atom. The number of piperidine rings is 1. The summed E-state index contributed by atoms with van der Waals surface area (Å²) in [6.45, 7) is 4.48. The van der Waals surface area contributed by atoms with Gasteiger partial charge in [0.15, 0.2) is 0 Å². The fourth-order valence-electron chi connectivity index (χ4n) is 4.96. The maximum atomic E-state index is 13.7. The van der Waals surface area contributed by atoms with Crippen molar-refractivity contribution < 1.29 is 14.3 Å². The Kier molecular flexibility index (Phi) is 7.62. The molecule has 2 heterocycles. The molecule has 1 saturated heterocycles. The van der Waals surface area contributed by atoms with Crippen LogP contribution in [0, 0.1) is 12.8 Å². The van der Waals surface area contributed by atoms with Gasteiger partial charge in [0.05, 0.1) is 30.5 Å². The van der Waals surface area contributed by atoms with E-state index in [1.807, 2.05) is 66.4 Å². The Bertz CT molecular complexity index is 1280.